The van der Waals surface area contributed by atoms with Gasteiger partial charge in [-0.15, -0.1) is 0 Å². The van der Waals surface area contributed by atoms with Gasteiger partial charge in [-0.1, -0.05) is 43.7 Å². The van der Waals surface area contributed by atoms with Crippen molar-refractivity contribution in [2.75, 3.05) is 0 Å². The molecule has 2 saturated carbocycles. The van der Waals surface area contributed by atoms with Crippen LogP contribution in [0.15, 0.2) is 30.3 Å². The van der Waals surface area contributed by atoms with Crippen LogP contribution < -0.4 is 0 Å². The number of rotatable bonds is 4. The van der Waals surface area contributed by atoms with E-state index in [2.05, 4.69) is 37.3 Å². The lowest BCUT2D eigenvalue weighted by Gasteiger charge is -2.31. The number of carbonyl (C=O) groups is 1. The predicted octanol–water partition coefficient (Wildman–Crippen LogP) is 5.47. The number of carbonyl (C=O) groups excluding carboxylic acids is 1. The predicted molar refractivity (Wildman–Crippen MR) is 93.3 cm³/mol. The number of hydrogen-bond donors (Lipinski definition) is 0. The largest absolute Gasteiger partial charge is 0.462 e. The van der Waals surface area contributed by atoms with Gasteiger partial charge in [0.15, 0.2) is 0 Å². The first-order valence-electron chi connectivity index (χ1n) is 9.51. The standard InChI is InChI=1S/C21H30O2/c1-2-16-8-10-19(11-9-16)21(22)23-20-14-12-18(13-15-20)17-6-4-3-5-7-17/h3-7,16,18-20H,2,8-15H2,1H3. The summed E-state index contributed by atoms with van der Waals surface area (Å²) in [4.78, 5) is 12.4. The third kappa shape index (κ3) is 4.37. The Kier molecular flexibility index (Phi) is 5.75. The molecule has 1 aromatic rings. The quantitative estimate of drug-likeness (QED) is 0.689. The molecule has 0 radical (unpaired) electrons. The van der Waals surface area contributed by atoms with Crippen LogP contribution in [-0.2, 0) is 9.53 Å². The molecule has 0 spiro atoms. The fourth-order valence-electron chi connectivity index (χ4n) is 4.31. The Labute approximate surface area is 140 Å². The highest BCUT2D eigenvalue weighted by molar-refractivity contribution is 5.72. The van der Waals surface area contributed by atoms with Gasteiger partial charge in [0.1, 0.15) is 6.10 Å². The van der Waals surface area contributed by atoms with E-state index in [1.165, 1.54) is 24.8 Å². The molecule has 1 aromatic carbocycles. The lowest BCUT2D eigenvalue weighted by atomic mass is 9.80. The van der Waals surface area contributed by atoms with Crippen LogP contribution in [0.1, 0.15) is 76.2 Å². The van der Waals surface area contributed by atoms with Crippen LogP contribution in [-0.4, -0.2) is 12.1 Å². The van der Waals surface area contributed by atoms with Crippen LogP contribution in [0.2, 0.25) is 0 Å². The zero-order valence-corrected chi connectivity index (χ0v) is 14.4. The van der Waals surface area contributed by atoms with Gasteiger partial charge in [0.05, 0.1) is 5.92 Å². The first kappa shape index (κ1) is 16.5. The van der Waals surface area contributed by atoms with Crippen molar-refractivity contribution in [2.24, 2.45) is 11.8 Å². The summed E-state index contributed by atoms with van der Waals surface area (Å²) >= 11 is 0. The minimum Gasteiger partial charge on any atom is -0.462 e. The van der Waals surface area contributed by atoms with Crippen molar-refractivity contribution in [3.8, 4) is 0 Å². The van der Waals surface area contributed by atoms with Gasteiger partial charge in [0.25, 0.3) is 0 Å². The smallest absolute Gasteiger partial charge is 0.309 e. The highest BCUT2D eigenvalue weighted by Crippen LogP contribution is 2.36. The third-order valence-corrected chi connectivity index (χ3v) is 5.99. The molecule has 0 unspecified atom stereocenters. The second kappa shape index (κ2) is 7.99. The molecule has 126 valence electrons. The normalized spacial score (nSPS) is 31.5. The summed E-state index contributed by atoms with van der Waals surface area (Å²) in [7, 11) is 0. The molecule has 0 heterocycles. The molecule has 0 aromatic heterocycles. The number of esters is 1. The minimum absolute atomic E-state index is 0.0858. The minimum atomic E-state index is 0.0858. The van der Waals surface area contributed by atoms with Gasteiger partial charge < -0.3 is 4.74 Å². The Hall–Kier alpha value is -1.31. The van der Waals surface area contributed by atoms with E-state index < -0.39 is 0 Å². The summed E-state index contributed by atoms with van der Waals surface area (Å²) in [5.41, 5.74) is 1.44. The van der Waals surface area contributed by atoms with E-state index in [1.54, 1.807) is 0 Å². The van der Waals surface area contributed by atoms with Gasteiger partial charge in [-0.2, -0.15) is 0 Å². The van der Waals surface area contributed by atoms with Gasteiger partial charge in [-0.25, -0.2) is 0 Å². The SMILES string of the molecule is CCC1CCC(C(=O)OC2CCC(c3ccccc3)CC2)CC1. The Morgan fingerprint density at radius 1 is 0.957 bits per heavy atom. The van der Waals surface area contributed by atoms with Crippen LogP contribution >= 0.6 is 0 Å². The molecular formula is C21H30O2. The maximum Gasteiger partial charge on any atom is 0.309 e. The average Bonchev–Trinajstić information content (AvgIpc) is 2.63. The van der Waals surface area contributed by atoms with Gasteiger partial charge in [-0.3, -0.25) is 4.79 Å². The summed E-state index contributed by atoms with van der Waals surface area (Å²) < 4.78 is 5.84. The van der Waals surface area contributed by atoms with Crippen molar-refractivity contribution >= 4 is 5.97 Å². The summed E-state index contributed by atoms with van der Waals surface area (Å²) in [6.07, 6.45) is 10.2. The van der Waals surface area contributed by atoms with Crippen molar-refractivity contribution in [1.82, 2.24) is 0 Å². The summed E-state index contributed by atoms with van der Waals surface area (Å²) in [5.74, 6) is 1.74. The van der Waals surface area contributed by atoms with Crippen LogP contribution in [0.25, 0.3) is 0 Å². The maximum atomic E-state index is 12.4. The third-order valence-electron chi connectivity index (χ3n) is 5.99. The fourth-order valence-corrected chi connectivity index (χ4v) is 4.31. The van der Waals surface area contributed by atoms with E-state index in [9.17, 15) is 4.79 Å². The van der Waals surface area contributed by atoms with Gasteiger partial charge >= 0.3 is 5.97 Å². The van der Waals surface area contributed by atoms with Crippen molar-refractivity contribution < 1.29 is 9.53 Å². The number of ether oxygens (including phenoxy) is 1. The van der Waals surface area contributed by atoms with E-state index in [0.29, 0.717) is 5.92 Å². The molecule has 2 aliphatic carbocycles. The lowest BCUT2D eigenvalue weighted by molar-refractivity contribution is -0.157. The van der Waals surface area contributed by atoms with E-state index >= 15 is 0 Å². The average molecular weight is 314 g/mol. The number of benzene rings is 1. The molecule has 23 heavy (non-hydrogen) atoms. The van der Waals surface area contributed by atoms with E-state index in [0.717, 1.165) is 44.4 Å². The molecular weight excluding hydrogens is 284 g/mol. The Morgan fingerprint density at radius 3 is 2.22 bits per heavy atom. The molecule has 3 rings (SSSR count). The summed E-state index contributed by atoms with van der Waals surface area (Å²) in [6, 6.07) is 10.8. The van der Waals surface area contributed by atoms with E-state index in [-0.39, 0.29) is 18.0 Å². The maximum absolute atomic E-state index is 12.4. The van der Waals surface area contributed by atoms with Crippen LogP contribution in [0.5, 0.6) is 0 Å². The van der Waals surface area contributed by atoms with E-state index in [1.807, 2.05) is 0 Å². The zero-order chi connectivity index (χ0) is 16.1. The van der Waals surface area contributed by atoms with Crippen molar-refractivity contribution in [3.05, 3.63) is 35.9 Å². The molecule has 2 nitrogen and oxygen atoms in total. The number of hydrogen-bond acceptors (Lipinski definition) is 2. The first-order valence-corrected chi connectivity index (χ1v) is 9.51. The second-order valence-electron chi connectivity index (χ2n) is 7.45. The van der Waals surface area contributed by atoms with Crippen LogP contribution in [0.4, 0.5) is 0 Å². The van der Waals surface area contributed by atoms with Crippen molar-refractivity contribution in [3.63, 3.8) is 0 Å². The molecule has 0 N–H and O–H groups in total. The highest BCUT2D eigenvalue weighted by atomic mass is 16.5. The fraction of sp³-hybridized carbons (Fsp3) is 0.667. The van der Waals surface area contributed by atoms with Crippen molar-refractivity contribution in [1.29, 1.82) is 0 Å². The molecule has 0 aliphatic heterocycles. The Morgan fingerprint density at radius 2 is 1.61 bits per heavy atom. The van der Waals surface area contributed by atoms with Crippen molar-refractivity contribution in [2.45, 2.75) is 76.7 Å². The zero-order valence-electron chi connectivity index (χ0n) is 14.4. The topological polar surface area (TPSA) is 26.3 Å². The second-order valence-corrected chi connectivity index (χ2v) is 7.45. The molecule has 0 atom stereocenters. The Bertz CT molecular complexity index is 480. The van der Waals surface area contributed by atoms with Gasteiger partial charge in [0.2, 0.25) is 0 Å². The highest BCUT2D eigenvalue weighted by Gasteiger charge is 2.30. The lowest BCUT2D eigenvalue weighted by Crippen LogP contribution is -2.29. The molecule has 2 aliphatic rings. The molecule has 2 heteroatoms. The summed E-state index contributed by atoms with van der Waals surface area (Å²) in [5, 5.41) is 0. The molecule has 2 fully saturated rings. The molecule has 0 bridgehead atoms. The Balaban J connectivity index is 1.43. The van der Waals surface area contributed by atoms with Crippen LogP contribution in [0, 0.1) is 11.8 Å². The van der Waals surface area contributed by atoms with Crippen LogP contribution in [0.3, 0.4) is 0 Å². The molecule has 0 amide bonds. The first-order chi connectivity index (χ1) is 11.3. The van der Waals surface area contributed by atoms with E-state index in [4.69, 9.17) is 4.74 Å². The van der Waals surface area contributed by atoms with Gasteiger partial charge in [-0.05, 0) is 68.8 Å². The summed E-state index contributed by atoms with van der Waals surface area (Å²) in [6.45, 7) is 2.26. The monoisotopic (exact) mass is 314 g/mol. The molecule has 0 saturated heterocycles. The van der Waals surface area contributed by atoms with Gasteiger partial charge in [0, 0.05) is 0 Å².